The van der Waals surface area contributed by atoms with Gasteiger partial charge in [-0.25, -0.2) is 0 Å². The molecular formula is C28H37Cl2F3N4O. The van der Waals surface area contributed by atoms with E-state index >= 15 is 0 Å². The molecule has 0 aromatic heterocycles. The lowest BCUT2D eigenvalue weighted by atomic mass is 9.89. The fourth-order valence-corrected chi connectivity index (χ4v) is 5.26. The standard InChI is InChI=1S/C28H37Cl2F3N4O/c1-4-18(2)27(35-17-19(3)34)23-15-21(28(31,32)33)7-9-25(23)36-11-13-37(14-12-36)26(38)10-6-20-5-8-22(29)16-24(20)30/h5,7-9,15-16,18-19,27,35H,4,6,10-14,17,34H2,1-3H3/t18?,19-,27-/m0/s1. The summed E-state index contributed by atoms with van der Waals surface area (Å²) in [6, 6.07) is 8.82. The molecule has 1 unspecified atom stereocenters. The number of nitrogens with zero attached hydrogens (tertiary/aromatic N) is 2. The van der Waals surface area contributed by atoms with Crippen molar-refractivity contribution in [2.75, 3.05) is 37.6 Å². The molecule has 0 aliphatic carbocycles. The van der Waals surface area contributed by atoms with Gasteiger partial charge in [-0.1, -0.05) is 49.5 Å². The van der Waals surface area contributed by atoms with Crippen LogP contribution in [0.1, 0.15) is 56.3 Å². The first-order valence-corrected chi connectivity index (χ1v) is 13.8. The number of nitrogens with two attached hydrogens (primary N) is 1. The number of piperazine rings is 1. The maximum Gasteiger partial charge on any atom is 0.416 e. The summed E-state index contributed by atoms with van der Waals surface area (Å²) in [6.07, 6.45) is -2.80. The van der Waals surface area contributed by atoms with Crippen molar-refractivity contribution in [2.24, 2.45) is 11.7 Å². The van der Waals surface area contributed by atoms with E-state index in [0.717, 1.165) is 23.7 Å². The van der Waals surface area contributed by atoms with Gasteiger partial charge in [0.15, 0.2) is 0 Å². The summed E-state index contributed by atoms with van der Waals surface area (Å²) < 4.78 is 41.0. The maximum atomic E-state index is 13.7. The number of hydrogen-bond acceptors (Lipinski definition) is 4. The lowest BCUT2D eigenvalue weighted by Crippen LogP contribution is -2.49. The van der Waals surface area contributed by atoms with Crippen LogP contribution >= 0.6 is 23.2 Å². The summed E-state index contributed by atoms with van der Waals surface area (Å²) in [6.45, 7) is 8.48. The number of hydrogen-bond donors (Lipinski definition) is 2. The normalized spacial score (nSPS) is 16.9. The molecule has 38 heavy (non-hydrogen) atoms. The van der Waals surface area contributed by atoms with E-state index in [1.54, 1.807) is 18.2 Å². The van der Waals surface area contributed by atoms with Crippen LogP contribution in [-0.4, -0.2) is 49.6 Å². The van der Waals surface area contributed by atoms with Crippen molar-refractivity contribution < 1.29 is 18.0 Å². The Kier molecular flexibility index (Phi) is 10.7. The van der Waals surface area contributed by atoms with E-state index in [9.17, 15) is 18.0 Å². The van der Waals surface area contributed by atoms with Crippen molar-refractivity contribution in [2.45, 2.75) is 58.3 Å². The quantitative estimate of drug-likeness (QED) is 0.350. The number of rotatable bonds is 10. The molecule has 3 atom stereocenters. The van der Waals surface area contributed by atoms with E-state index in [1.165, 1.54) is 6.07 Å². The molecule has 0 spiro atoms. The first-order valence-electron chi connectivity index (χ1n) is 13.1. The Hall–Kier alpha value is -2.00. The molecule has 10 heteroatoms. The zero-order chi connectivity index (χ0) is 28.0. The van der Waals surface area contributed by atoms with Crippen molar-refractivity contribution in [3.8, 4) is 0 Å². The minimum absolute atomic E-state index is 0.0272. The van der Waals surface area contributed by atoms with Crippen LogP contribution in [0.4, 0.5) is 18.9 Å². The van der Waals surface area contributed by atoms with Crippen molar-refractivity contribution >= 4 is 34.8 Å². The minimum atomic E-state index is -4.44. The maximum absolute atomic E-state index is 13.7. The number of amides is 1. The molecule has 2 aromatic carbocycles. The smallest absolute Gasteiger partial charge is 0.368 e. The SMILES string of the molecule is CCC(C)[C@H](NC[C@H](C)N)c1cc(C(F)(F)F)ccc1N1CCN(C(=O)CCc2ccc(Cl)cc2Cl)CC1. The highest BCUT2D eigenvalue weighted by Gasteiger charge is 2.34. The predicted molar refractivity (Wildman–Crippen MR) is 149 cm³/mol. The Morgan fingerprint density at radius 2 is 1.76 bits per heavy atom. The van der Waals surface area contributed by atoms with Crippen LogP contribution in [0.15, 0.2) is 36.4 Å². The van der Waals surface area contributed by atoms with Gasteiger partial charge >= 0.3 is 6.18 Å². The van der Waals surface area contributed by atoms with Crippen molar-refractivity contribution in [3.05, 3.63) is 63.1 Å². The molecule has 2 aromatic rings. The van der Waals surface area contributed by atoms with Gasteiger partial charge in [-0.2, -0.15) is 13.2 Å². The van der Waals surface area contributed by atoms with Crippen molar-refractivity contribution in [1.29, 1.82) is 0 Å². The average molecular weight is 574 g/mol. The summed E-state index contributed by atoms with van der Waals surface area (Å²) in [7, 11) is 0. The van der Waals surface area contributed by atoms with Gasteiger partial charge in [-0.3, -0.25) is 4.79 Å². The van der Waals surface area contributed by atoms with Gasteiger partial charge in [0, 0.05) is 67.0 Å². The van der Waals surface area contributed by atoms with E-state index in [1.807, 2.05) is 31.7 Å². The lowest BCUT2D eigenvalue weighted by Gasteiger charge is -2.39. The van der Waals surface area contributed by atoms with Gasteiger partial charge in [0.1, 0.15) is 0 Å². The fourth-order valence-electron chi connectivity index (χ4n) is 4.76. The van der Waals surface area contributed by atoms with E-state index in [4.69, 9.17) is 28.9 Å². The Morgan fingerprint density at radius 1 is 1.08 bits per heavy atom. The van der Waals surface area contributed by atoms with Gasteiger partial charge in [-0.15, -0.1) is 0 Å². The number of carbonyl (C=O) groups is 1. The van der Waals surface area contributed by atoms with Crippen LogP contribution in [0.2, 0.25) is 10.0 Å². The second-order valence-electron chi connectivity index (χ2n) is 10.1. The largest absolute Gasteiger partial charge is 0.416 e. The highest BCUT2D eigenvalue weighted by molar-refractivity contribution is 6.35. The highest BCUT2D eigenvalue weighted by atomic mass is 35.5. The minimum Gasteiger partial charge on any atom is -0.368 e. The Balaban J connectivity index is 1.75. The molecule has 3 N–H and O–H groups in total. The molecule has 1 heterocycles. The summed E-state index contributed by atoms with van der Waals surface area (Å²) in [5.74, 6) is 0.123. The summed E-state index contributed by atoms with van der Waals surface area (Å²) >= 11 is 12.2. The lowest BCUT2D eigenvalue weighted by molar-refractivity contribution is -0.137. The second kappa shape index (κ2) is 13.4. The van der Waals surface area contributed by atoms with Gasteiger partial charge in [0.05, 0.1) is 5.56 Å². The molecule has 1 fully saturated rings. The van der Waals surface area contributed by atoms with Crippen molar-refractivity contribution in [3.63, 3.8) is 0 Å². The summed E-state index contributed by atoms with van der Waals surface area (Å²) in [5, 5.41) is 4.50. The third-order valence-electron chi connectivity index (χ3n) is 7.16. The number of nitrogens with one attached hydrogen (secondary N) is 1. The van der Waals surface area contributed by atoms with Crippen LogP contribution in [0.25, 0.3) is 0 Å². The first-order chi connectivity index (χ1) is 17.9. The zero-order valence-corrected chi connectivity index (χ0v) is 23.6. The number of carbonyl (C=O) groups excluding carboxylic acids is 1. The molecule has 1 aliphatic heterocycles. The Labute approximate surface area is 233 Å². The Bertz CT molecular complexity index is 1090. The highest BCUT2D eigenvalue weighted by Crippen LogP contribution is 2.38. The summed E-state index contributed by atoms with van der Waals surface area (Å²) in [4.78, 5) is 16.8. The van der Waals surface area contributed by atoms with Crippen LogP contribution in [0.3, 0.4) is 0 Å². The first kappa shape index (κ1) is 30.5. The molecule has 210 valence electrons. The van der Waals surface area contributed by atoms with Gasteiger partial charge in [-0.05, 0) is 60.7 Å². The van der Waals surface area contributed by atoms with Crippen LogP contribution in [0.5, 0.6) is 0 Å². The predicted octanol–water partition coefficient (Wildman–Crippen LogP) is 6.32. The van der Waals surface area contributed by atoms with Gasteiger partial charge in [0.25, 0.3) is 0 Å². The fraction of sp³-hybridized carbons (Fsp3) is 0.536. The number of anilines is 1. The molecule has 1 amide bonds. The number of benzene rings is 2. The summed E-state index contributed by atoms with van der Waals surface area (Å²) in [5.41, 5.74) is 7.54. The molecule has 1 saturated heterocycles. The molecule has 0 radical (unpaired) electrons. The molecule has 0 saturated carbocycles. The molecular weight excluding hydrogens is 536 g/mol. The number of alkyl halides is 3. The second-order valence-corrected chi connectivity index (χ2v) is 11.0. The third kappa shape index (κ3) is 8.01. The molecule has 3 rings (SSSR count). The van der Waals surface area contributed by atoms with Crippen LogP contribution < -0.4 is 16.0 Å². The van der Waals surface area contributed by atoms with Gasteiger partial charge in [0.2, 0.25) is 5.91 Å². The zero-order valence-electron chi connectivity index (χ0n) is 22.1. The van der Waals surface area contributed by atoms with Crippen LogP contribution in [0, 0.1) is 5.92 Å². The monoisotopic (exact) mass is 572 g/mol. The Morgan fingerprint density at radius 3 is 2.34 bits per heavy atom. The number of aryl methyl sites for hydroxylation is 1. The topological polar surface area (TPSA) is 61.6 Å². The van der Waals surface area contributed by atoms with Gasteiger partial charge < -0.3 is 20.9 Å². The number of halogens is 5. The van der Waals surface area contributed by atoms with E-state index < -0.39 is 11.7 Å². The molecule has 5 nitrogen and oxygen atoms in total. The average Bonchev–Trinajstić information content (AvgIpc) is 2.87. The van der Waals surface area contributed by atoms with E-state index in [2.05, 4.69) is 10.2 Å². The van der Waals surface area contributed by atoms with E-state index in [0.29, 0.717) is 61.2 Å². The van der Waals surface area contributed by atoms with Crippen molar-refractivity contribution in [1.82, 2.24) is 10.2 Å². The van der Waals surface area contributed by atoms with E-state index in [-0.39, 0.29) is 23.9 Å². The third-order valence-corrected chi connectivity index (χ3v) is 7.75. The molecule has 0 bridgehead atoms. The van der Waals surface area contributed by atoms with Crippen LogP contribution in [-0.2, 0) is 17.4 Å². The molecule has 1 aliphatic rings.